The van der Waals surface area contributed by atoms with Crippen molar-refractivity contribution in [1.82, 2.24) is 15.5 Å². The average Bonchev–Trinajstić information content (AvgIpc) is 2.99. The van der Waals surface area contributed by atoms with Crippen molar-refractivity contribution in [3.63, 3.8) is 0 Å². The topological polar surface area (TPSA) is 39.7 Å². The van der Waals surface area contributed by atoms with Crippen molar-refractivity contribution in [3.8, 4) is 0 Å². The third-order valence-electron chi connectivity index (χ3n) is 5.04. The Morgan fingerprint density at radius 2 is 2.23 bits per heavy atom. The molecule has 2 atom stereocenters. The number of guanidine groups is 1. The van der Waals surface area contributed by atoms with Crippen LogP contribution < -0.4 is 10.6 Å². The van der Waals surface area contributed by atoms with Crippen LogP contribution in [0, 0.1) is 5.92 Å². The van der Waals surface area contributed by atoms with Gasteiger partial charge in [-0.05, 0) is 63.1 Å². The fraction of sp³-hybridized carbons (Fsp3) is 0.706. The van der Waals surface area contributed by atoms with Crippen molar-refractivity contribution in [3.05, 3.63) is 22.4 Å². The third-order valence-corrected chi connectivity index (χ3v) is 5.99. The summed E-state index contributed by atoms with van der Waals surface area (Å²) in [5.74, 6) is 1.63. The van der Waals surface area contributed by atoms with Crippen molar-refractivity contribution in [2.45, 2.75) is 44.2 Å². The zero-order chi connectivity index (χ0) is 15.4. The van der Waals surface area contributed by atoms with Crippen LogP contribution in [-0.4, -0.2) is 44.1 Å². The Kier molecular flexibility index (Phi) is 5.37. The standard InChI is InChI=1S/C17H28N4S/c1-18-17(20-14-7-3-8-14)19-12-13-6-4-10-21(2)16(13)15-9-5-11-22-15/h5,9,11,13-14,16H,3-4,6-8,10,12H2,1-2H3,(H2,18,19,20). The second-order valence-electron chi connectivity index (χ2n) is 6.57. The van der Waals surface area contributed by atoms with Crippen LogP contribution in [0.4, 0.5) is 0 Å². The Morgan fingerprint density at radius 1 is 1.36 bits per heavy atom. The molecule has 2 N–H and O–H groups in total. The molecule has 2 aliphatic rings. The summed E-state index contributed by atoms with van der Waals surface area (Å²) in [5.41, 5.74) is 0. The summed E-state index contributed by atoms with van der Waals surface area (Å²) in [6.45, 7) is 2.20. The molecular weight excluding hydrogens is 292 g/mol. The van der Waals surface area contributed by atoms with E-state index in [4.69, 9.17) is 0 Å². The lowest BCUT2D eigenvalue weighted by Crippen LogP contribution is -2.49. The van der Waals surface area contributed by atoms with E-state index in [-0.39, 0.29) is 0 Å². The molecule has 2 heterocycles. The number of aliphatic imine (C=N–C) groups is 1. The minimum absolute atomic E-state index is 0.544. The first-order valence-electron chi connectivity index (χ1n) is 8.48. The maximum atomic E-state index is 4.38. The van der Waals surface area contributed by atoms with Gasteiger partial charge in [0.1, 0.15) is 0 Å². The maximum absolute atomic E-state index is 4.38. The van der Waals surface area contributed by atoms with Crippen LogP contribution in [0.1, 0.15) is 43.0 Å². The summed E-state index contributed by atoms with van der Waals surface area (Å²) in [7, 11) is 4.13. The highest BCUT2D eigenvalue weighted by molar-refractivity contribution is 7.10. The maximum Gasteiger partial charge on any atom is 0.191 e. The molecule has 2 fully saturated rings. The predicted molar refractivity (Wildman–Crippen MR) is 94.6 cm³/mol. The van der Waals surface area contributed by atoms with Crippen LogP contribution in [0.15, 0.2) is 22.5 Å². The molecule has 5 heteroatoms. The van der Waals surface area contributed by atoms with Crippen LogP contribution in [0.5, 0.6) is 0 Å². The van der Waals surface area contributed by atoms with Gasteiger partial charge in [0.2, 0.25) is 0 Å². The van der Waals surface area contributed by atoms with Gasteiger partial charge in [-0.25, -0.2) is 0 Å². The van der Waals surface area contributed by atoms with Gasteiger partial charge in [0.05, 0.1) is 0 Å². The fourth-order valence-electron chi connectivity index (χ4n) is 3.55. The molecule has 1 saturated heterocycles. The van der Waals surface area contributed by atoms with Gasteiger partial charge >= 0.3 is 0 Å². The highest BCUT2D eigenvalue weighted by Gasteiger charge is 2.31. The van der Waals surface area contributed by atoms with Gasteiger partial charge in [-0.1, -0.05) is 6.07 Å². The van der Waals surface area contributed by atoms with Crippen molar-refractivity contribution >= 4 is 17.3 Å². The normalized spacial score (nSPS) is 27.5. The van der Waals surface area contributed by atoms with Gasteiger partial charge in [0.25, 0.3) is 0 Å². The van der Waals surface area contributed by atoms with Crippen LogP contribution in [0.2, 0.25) is 0 Å². The van der Waals surface area contributed by atoms with E-state index in [1.807, 2.05) is 18.4 Å². The summed E-state index contributed by atoms with van der Waals surface area (Å²) in [5, 5.41) is 9.29. The fourth-order valence-corrected chi connectivity index (χ4v) is 4.53. The molecule has 0 amide bonds. The lowest BCUT2D eigenvalue weighted by atomic mass is 9.88. The Labute approximate surface area is 138 Å². The smallest absolute Gasteiger partial charge is 0.191 e. The Hall–Kier alpha value is -1.07. The quantitative estimate of drug-likeness (QED) is 0.662. The predicted octanol–water partition coefficient (Wildman–Crippen LogP) is 2.85. The van der Waals surface area contributed by atoms with Gasteiger partial charge in [-0.3, -0.25) is 9.89 Å². The molecule has 22 heavy (non-hydrogen) atoms. The SMILES string of the molecule is CN=C(NCC1CCCN(C)C1c1cccs1)NC1CCC1. The molecule has 1 saturated carbocycles. The molecule has 1 aromatic heterocycles. The molecule has 0 radical (unpaired) electrons. The number of piperidine rings is 1. The number of hydrogen-bond acceptors (Lipinski definition) is 3. The van der Waals surface area contributed by atoms with Crippen LogP contribution >= 0.6 is 11.3 Å². The van der Waals surface area contributed by atoms with E-state index < -0.39 is 0 Å². The molecule has 0 bridgehead atoms. The molecule has 4 nitrogen and oxygen atoms in total. The number of thiophene rings is 1. The highest BCUT2D eigenvalue weighted by atomic mass is 32.1. The first-order chi connectivity index (χ1) is 10.8. The van der Waals surface area contributed by atoms with Crippen molar-refractivity contribution in [2.75, 3.05) is 27.2 Å². The van der Waals surface area contributed by atoms with E-state index in [1.165, 1.54) is 43.5 Å². The van der Waals surface area contributed by atoms with Gasteiger partial charge in [-0.2, -0.15) is 0 Å². The van der Waals surface area contributed by atoms with E-state index in [2.05, 4.69) is 45.1 Å². The number of rotatable bonds is 4. The number of nitrogens with one attached hydrogen (secondary N) is 2. The highest BCUT2D eigenvalue weighted by Crippen LogP contribution is 2.36. The summed E-state index contributed by atoms with van der Waals surface area (Å²) in [6.07, 6.45) is 6.50. The molecule has 0 spiro atoms. The Bertz CT molecular complexity index is 481. The molecular formula is C17H28N4S. The lowest BCUT2D eigenvalue weighted by Gasteiger charge is -2.39. The van der Waals surface area contributed by atoms with E-state index >= 15 is 0 Å². The molecule has 1 aliphatic heterocycles. The third kappa shape index (κ3) is 3.63. The average molecular weight is 321 g/mol. The van der Waals surface area contributed by atoms with Crippen LogP contribution in [-0.2, 0) is 0 Å². The summed E-state index contributed by atoms with van der Waals surface area (Å²) in [6, 6.07) is 5.63. The van der Waals surface area contributed by atoms with Crippen LogP contribution in [0.25, 0.3) is 0 Å². The van der Waals surface area contributed by atoms with E-state index in [9.17, 15) is 0 Å². The lowest BCUT2D eigenvalue weighted by molar-refractivity contribution is 0.125. The van der Waals surface area contributed by atoms with Crippen molar-refractivity contribution in [2.24, 2.45) is 10.9 Å². The largest absolute Gasteiger partial charge is 0.356 e. The van der Waals surface area contributed by atoms with Crippen molar-refractivity contribution < 1.29 is 0 Å². The number of hydrogen-bond donors (Lipinski definition) is 2. The van der Waals surface area contributed by atoms with Crippen molar-refractivity contribution in [1.29, 1.82) is 0 Å². The molecule has 1 aromatic rings. The monoisotopic (exact) mass is 320 g/mol. The van der Waals surface area contributed by atoms with Crippen LogP contribution in [0.3, 0.4) is 0 Å². The zero-order valence-electron chi connectivity index (χ0n) is 13.7. The first-order valence-corrected chi connectivity index (χ1v) is 9.36. The number of likely N-dealkylation sites (tertiary alicyclic amines) is 1. The Morgan fingerprint density at radius 3 is 2.86 bits per heavy atom. The Balaban J connectivity index is 1.59. The summed E-state index contributed by atoms with van der Waals surface area (Å²) >= 11 is 1.89. The molecule has 3 rings (SSSR count). The molecule has 0 aromatic carbocycles. The first kappa shape index (κ1) is 15.8. The van der Waals surface area contributed by atoms with Gasteiger partial charge < -0.3 is 10.6 Å². The van der Waals surface area contributed by atoms with Gasteiger partial charge in [-0.15, -0.1) is 11.3 Å². The van der Waals surface area contributed by atoms with E-state index in [0.29, 0.717) is 18.0 Å². The molecule has 1 aliphatic carbocycles. The minimum Gasteiger partial charge on any atom is -0.356 e. The minimum atomic E-state index is 0.544. The van der Waals surface area contributed by atoms with E-state index in [1.54, 1.807) is 0 Å². The molecule has 122 valence electrons. The number of nitrogens with zero attached hydrogens (tertiary/aromatic N) is 2. The zero-order valence-corrected chi connectivity index (χ0v) is 14.5. The molecule has 2 unspecified atom stereocenters. The van der Waals surface area contributed by atoms with Gasteiger partial charge in [0.15, 0.2) is 5.96 Å². The second-order valence-corrected chi connectivity index (χ2v) is 7.55. The van der Waals surface area contributed by atoms with Gasteiger partial charge in [0, 0.05) is 30.6 Å². The summed E-state index contributed by atoms with van der Waals surface area (Å²) < 4.78 is 0. The van der Waals surface area contributed by atoms with E-state index in [0.717, 1.165) is 12.5 Å². The summed E-state index contributed by atoms with van der Waals surface area (Å²) in [4.78, 5) is 8.40. The second kappa shape index (κ2) is 7.47.